The van der Waals surface area contributed by atoms with Gasteiger partial charge >= 0.3 is 0 Å². The second kappa shape index (κ2) is 8.10. The first-order valence-corrected chi connectivity index (χ1v) is 8.06. The molecular weight excluding hydrogens is 346 g/mol. The molecule has 3 nitrogen and oxygen atoms in total. The van der Waals surface area contributed by atoms with Crippen molar-refractivity contribution in [2.45, 2.75) is 25.8 Å². The first-order chi connectivity index (χ1) is 10.1. The molecule has 0 unspecified atom stereocenters. The van der Waals surface area contributed by atoms with Crippen LogP contribution in [0.15, 0.2) is 53.1 Å². The van der Waals surface area contributed by atoms with Crippen LogP contribution < -0.4 is 10.6 Å². The standard InChI is InChI=1S/C16H18BrN3S/c1-12(7-8-13-5-3-2-4-6-13)19-16(21)20-15-10-9-14(17)11-18-15/h2-6,9-12H,7-8H2,1H3,(H2,18,19,20,21)/t12-/m0/s1. The van der Waals surface area contributed by atoms with Crippen molar-refractivity contribution in [3.63, 3.8) is 0 Å². The lowest BCUT2D eigenvalue weighted by Gasteiger charge is -2.16. The highest BCUT2D eigenvalue weighted by Gasteiger charge is 2.05. The van der Waals surface area contributed by atoms with Crippen LogP contribution in [-0.4, -0.2) is 16.1 Å². The van der Waals surface area contributed by atoms with Crippen molar-refractivity contribution < 1.29 is 0 Å². The zero-order valence-corrected chi connectivity index (χ0v) is 14.2. The van der Waals surface area contributed by atoms with Crippen molar-refractivity contribution in [1.29, 1.82) is 0 Å². The highest BCUT2D eigenvalue weighted by Crippen LogP contribution is 2.10. The van der Waals surface area contributed by atoms with Crippen LogP contribution in [0.2, 0.25) is 0 Å². The van der Waals surface area contributed by atoms with E-state index in [4.69, 9.17) is 12.2 Å². The number of nitrogens with one attached hydrogen (secondary N) is 2. The molecule has 0 spiro atoms. The van der Waals surface area contributed by atoms with Crippen LogP contribution in [0.3, 0.4) is 0 Å². The lowest BCUT2D eigenvalue weighted by molar-refractivity contribution is 0.609. The summed E-state index contributed by atoms with van der Waals surface area (Å²) in [6.45, 7) is 2.13. The van der Waals surface area contributed by atoms with Gasteiger partial charge in [-0.15, -0.1) is 0 Å². The van der Waals surface area contributed by atoms with E-state index < -0.39 is 0 Å². The zero-order chi connectivity index (χ0) is 15.1. The third kappa shape index (κ3) is 5.81. The number of anilines is 1. The van der Waals surface area contributed by atoms with Crippen LogP contribution in [0.1, 0.15) is 18.9 Å². The molecule has 0 aliphatic heterocycles. The van der Waals surface area contributed by atoms with Gasteiger partial charge in [0.25, 0.3) is 0 Å². The average Bonchev–Trinajstić information content (AvgIpc) is 2.48. The molecular formula is C16H18BrN3S. The zero-order valence-electron chi connectivity index (χ0n) is 11.8. The van der Waals surface area contributed by atoms with Gasteiger partial charge in [-0.1, -0.05) is 30.3 Å². The summed E-state index contributed by atoms with van der Waals surface area (Å²) in [7, 11) is 0. The molecule has 5 heteroatoms. The lowest BCUT2D eigenvalue weighted by Crippen LogP contribution is -2.36. The number of aromatic nitrogens is 1. The molecule has 1 heterocycles. The van der Waals surface area contributed by atoms with Crippen LogP contribution in [-0.2, 0) is 6.42 Å². The minimum Gasteiger partial charge on any atom is -0.360 e. The van der Waals surface area contributed by atoms with Crippen LogP contribution in [0.5, 0.6) is 0 Å². The summed E-state index contributed by atoms with van der Waals surface area (Å²) in [6, 6.07) is 14.6. The Bertz CT molecular complexity index is 572. The number of halogens is 1. The maximum absolute atomic E-state index is 5.30. The Morgan fingerprint density at radius 1 is 1.24 bits per heavy atom. The molecule has 110 valence electrons. The Morgan fingerprint density at radius 3 is 2.67 bits per heavy atom. The van der Waals surface area contributed by atoms with E-state index in [9.17, 15) is 0 Å². The first-order valence-electron chi connectivity index (χ1n) is 6.86. The number of rotatable bonds is 5. The molecule has 2 aromatic rings. The number of hydrogen-bond donors (Lipinski definition) is 2. The Labute approximate surface area is 139 Å². The summed E-state index contributed by atoms with van der Waals surface area (Å²) in [6.07, 6.45) is 3.80. The van der Waals surface area contributed by atoms with Gasteiger partial charge in [0.2, 0.25) is 0 Å². The Morgan fingerprint density at radius 2 is 2.00 bits per heavy atom. The molecule has 1 aromatic heterocycles. The van der Waals surface area contributed by atoms with Gasteiger partial charge in [-0.3, -0.25) is 0 Å². The molecule has 0 saturated heterocycles. The van der Waals surface area contributed by atoms with Gasteiger partial charge in [-0.05, 0) is 65.6 Å². The Balaban J connectivity index is 1.75. The summed E-state index contributed by atoms with van der Waals surface area (Å²) in [5.41, 5.74) is 1.35. The topological polar surface area (TPSA) is 37.0 Å². The minimum absolute atomic E-state index is 0.306. The van der Waals surface area contributed by atoms with Crippen LogP contribution in [0, 0.1) is 0 Å². The average molecular weight is 364 g/mol. The first kappa shape index (κ1) is 15.9. The van der Waals surface area contributed by atoms with E-state index in [1.807, 2.05) is 18.2 Å². The van der Waals surface area contributed by atoms with E-state index in [1.54, 1.807) is 6.20 Å². The van der Waals surface area contributed by atoms with Crippen LogP contribution >= 0.6 is 28.1 Å². The molecule has 0 fully saturated rings. The van der Waals surface area contributed by atoms with E-state index in [1.165, 1.54) is 5.56 Å². The highest BCUT2D eigenvalue weighted by atomic mass is 79.9. The van der Waals surface area contributed by atoms with E-state index in [2.05, 4.69) is 62.7 Å². The SMILES string of the molecule is C[C@@H](CCc1ccccc1)NC(=S)Nc1ccc(Br)cn1. The van der Waals surface area contributed by atoms with Crippen LogP contribution in [0.4, 0.5) is 5.82 Å². The quantitative estimate of drug-likeness (QED) is 0.782. The summed E-state index contributed by atoms with van der Waals surface area (Å²) < 4.78 is 0.947. The Hall–Kier alpha value is -1.46. The van der Waals surface area contributed by atoms with E-state index >= 15 is 0 Å². The summed E-state index contributed by atoms with van der Waals surface area (Å²) in [5.74, 6) is 0.742. The number of hydrogen-bond acceptors (Lipinski definition) is 2. The molecule has 2 rings (SSSR count). The lowest BCUT2D eigenvalue weighted by atomic mass is 10.1. The maximum Gasteiger partial charge on any atom is 0.172 e. The molecule has 0 aliphatic rings. The third-order valence-electron chi connectivity index (χ3n) is 3.06. The fraction of sp³-hybridized carbons (Fsp3) is 0.250. The number of nitrogens with zero attached hydrogens (tertiary/aromatic N) is 1. The van der Waals surface area contributed by atoms with Crippen molar-refractivity contribution in [2.24, 2.45) is 0 Å². The van der Waals surface area contributed by atoms with E-state index in [0.29, 0.717) is 11.2 Å². The molecule has 0 radical (unpaired) electrons. The minimum atomic E-state index is 0.306. The largest absolute Gasteiger partial charge is 0.360 e. The number of pyridine rings is 1. The smallest absolute Gasteiger partial charge is 0.172 e. The van der Waals surface area contributed by atoms with E-state index in [0.717, 1.165) is 23.1 Å². The molecule has 1 atom stereocenters. The van der Waals surface area contributed by atoms with Gasteiger partial charge in [0.1, 0.15) is 5.82 Å². The fourth-order valence-electron chi connectivity index (χ4n) is 1.93. The maximum atomic E-state index is 5.30. The van der Waals surface area contributed by atoms with Gasteiger partial charge in [-0.25, -0.2) is 4.98 Å². The van der Waals surface area contributed by atoms with Crippen molar-refractivity contribution >= 4 is 39.1 Å². The summed E-state index contributed by atoms with van der Waals surface area (Å²) >= 11 is 8.66. The summed E-state index contributed by atoms with van der Waals surface area (Å²) in [5, 5.41) is 6.97. The molecule has 1 aromatic carbocycles. The molecule has 0 amide bonds. The summed E-state index contributed by atoms with van der Waals surface area (Å²) in [4.78, 5) is 4.23. The number of benzene rings is 1. The second-order valence-corrected chi connectivity index (χ2v) is 6.21. The molecule has 0 bridgehead atoms. The predicted molar refractivity (Wildman–Crippen MR) is 95.5 cm³/mol. The molecule has 0 aliphatic carbocycles. The van der Waals surface area contributed by atoms with Crippen molar-refractivity contribution in [1.82, 2.24) is 10.3 Å². The van der Waals surface area contributed by atoms with Gasteiger partial charge in [0.15, 0.2) is 5.11 Å². The van der Waals surface area contributed by atoms with Gasteiger partial charge in [0.05, 0.1) is 0 Å². The predicted octanol–water partition coefficient (Wildman–Crippen LogP) is 4.15. The van der Waals surface area contributed by atoms with Crippen LogP contribution in [0.25, 0.3) is 0 Å². The number of thiocarbonyl (C=S) groups is 1. The Kier molecular flexibility index (Phi) is 6.14. The van der Waals surface area contributed by atoms with Gasteiger partial charge < -0.3 is 10.6 Å². The van der Waals surface area contributed by atoms with Crippen molar-refractivity contribution in [2.75, 3.05) is 5.32 Å². The van der Waals surface area contributed by atoms with Crippen molar-refractivity contribution in [3.8, 4) is 0 Å². The monoisotopic (exact) mass is 363 g/mol. The molecule has 0 saturated carbocycles. The molecule has 2 N–H and O–H groups in total. The fourth-order valence-corrected chi connectivity index (χ4v) is 2.47. The third-order valence-corrected chi connectivity index (χ3v) is 3.74. The molecule has 21 heavy (non-hydrogen) atoms. The van der Waals surface area contributed by atoms with Gasteiger partial charge in [-0.2, -0.15) is 0 Å². The highest BCUT2D eigenvalue weighted by molar-refractivity contribution is 9.10. The normalized spacial score (nSPS) is 11.7. The van der Waals surface area contributed by atoms with Crippen molar-refractivity contribution in [3.05, 3.63) is 58.7 Å². The number of aryl methyl sites for hydroxylation is 1. The van der Waals surface area contributed by atoms with Gasteiger partial charge in [0, 0.05) is 16.7 Å². The second-order valence-electron chi connectivity index (χ2n) is 4.89. The van der Waals surface area contributed by atoms with E-state index in [-0.39, 0.29) is 0 Å².